The molecule has 0 spiro atoms. The number of pyridine rings is 1. The van der Waals surface area contributed by atoms with Gasteiger partial charge in [0.05, 0.1) is 6.61 Å². The molecule has 134 valence electrons. The number of aliphatic hydroxyl groups excluding tert-OH is 1. The molecular weight excluding hydrogens is 332 g/mol. The van der Waals surface area contributed by atoms with Crippen LogP contribution in [0.4, 0.5) is 0 Å². The Morgan fingerprint density at radius 1 is 1.12 bits per heavy atom. The van der Waals surface area contributed by atoms with Gasteiger partial charge in [0.25, 0.3) is 0 Å². The lowest BCUT2D eigenvalue weighted by Gasteiger charge is -2.21. The average molecular weight is 352 g/mol. The van der Waals surface area contributed by atoms with E-state index >= 15 is 0 Å². The Morgan fingerprint density at radius 3 is 2.65 bits per heavy atom. The molecule has 26 heavy (non-hydrogen) atoms. The molecule has 0 aliphatic rings. The maximum Gasteiger partial charge on any atom is 0.227 e. The van der Waals surface area contributed by atoms with Crippen LogP contribution in [0, 0.1) is 0 Å². The number of aliphatic hydroxyl groups is 1. The van der Waals surface area contributed by atoms with Crippen LogP contribution in [-0.2, 0) is 17.8 Å². The number of carbonyl (C=O) groups is 1. The number of benzene rings is 1. The number of amides is 1. The number of aryl methyl sites for hydroxylation is 1. The number of rotatable bonds is 8. The third-order valence-corrected chi connectivity index (χ3v) is 3.85. The van der Waals surface area contributed by atoms with Crippen molar-refractivity contribution in [1.29, 1.82) is 0 Å². The molecule has 1 amide bonds. The molecule has 0 saturated carbocycles. The number of nitrogens with zero attached hydrogens (tertiary/aromatic N) is 4. The molecule has 2 aromatic heterocycles. The van der Waals surface area contributed by atoms with Gasteiger partial charge < -0.3 is 14.5 Å². The normalized spacial score (nSPS) is 10.7. The highest BCUT2D eigenvalue weighted by molar-refractivity contribution is 5.76. The molecule has 0 unspecified atom stereocenters. The summed E-state index contributed by atoms with van der Waals surface area (Å²) < 4.78 is 5.21. The van der Waals surface area contributed by atoms with Crippen molar-refractivity contribution in [3.05, 3.63) is 66.2 Å². The Balaban J connectivity index is 1.59. The Morgan fingerprint density at radius 2 is 1.92 bits per heavy atom. The molecule has 0 aliphatic carbocycles. The van der Waals surface area contributed by atoms with Crippen LogP contribution in [0.15, 0.2) is 59.3 Å². The maximum atomic E-state index is 12.5. The van der Waals surface area contributed by atoms with E-state index in [1.54, 1.807) is 17.2 Å². The zero-order chi connectivity index (χ0) is 18.2. The number of carbonyl (C=O) groups excluding carboxylic acids is 1. The van der Waals surface area contributed by atoms with E-state index in [2.05, 4.69) is 15.1 Å². The molecule has 3 rings (SSSR count). The summed E-state index contributed by atoms with van der Waals surface area (Å²) in [5, 5.41) is 13.1. The van der Waals surface area contributed by atoms with Crippen LogP contribution in [0.2, 0.25) is 0 Å². The Bertz CT molecular complexity index is 821. The standard InChI is InChI=1S/C19H20N4O3/c24-13-12-23(14-15-6-2-1-3-7-15)18(25)10-9-17-21-19(22-26-17)16-8-4-5-11-20-16/h1-8,11,24H,9-10,12-14H2. The summed E-state index contributed by atoms with van der Waals surface area (Å²) >= 11 is 0. The summed E-state index contributed by atoms with van der Waals surface area (Å²) in [6.45, 7) is 0.670. The van der Waals surface area contributed by atoms with Crippen molar-refractivity contribution in [2.45, 2.75) is 19.4 Å². The van der Waals surface area contributed by atoms with E-state index < -0.39 is 0 Å². The van der Waals surface area contributed by atoms with Gasteiger partial charge in [-0.05, 0) is 17.7 Å². The van der Waals surface area contributed by atoms with Crippen molar-refractivity contribution >= 4 is 5.91 Å². The number of hydrogen-bond acceptors (Lipinski definition) is 6. The fourth-order valence-electron chi connectivity index (χ4n) is 2.54. The second-order valence-electron chi connectivity index (χ2n) is 5.75. The molecular formula is C19H20N4O3. The van der Waals surface area contributed by atoms with Crippen LogP contribution in [0.25, 0.3) is 11.5 Å². The lowest BCUT2D eigenvalue weighted by atomic mass is 10.2. The Kier molecular flexibility index (Phi) is 6.05. The van der Waals surface area contributed by atoms with Crippen molar-refractivity contribution in [1.82, 2.24) is 20.0 Å². The van der Waals surface area contributed by atoms with Crippen LogP contribution < -0.4 is 0 Å². The zero-order valence-electron chi connectivity index (χ0n) is 14.3. The van der Waals surface area contributed by atoms with Gasteiger partial charge in [0.15, 0.2) is 0 Å². The second kappa shape index (κ2) is 8.87. The van der Waals surface area contributed by atoms with Crippen LogP contribution >= 0.6 is 0 Å². The lowest BCUT2D eigenvalue weighted by Crippen LogP contribution is -2.33. The summed E-state index contributed by atoms with van der Waals surface area (Å²) in [5.41, 5.74) is 1.64. The van der Waals surface area contributed by atoms with Crippen molar-refractivity contribution in [2.24, 2.45) is 0 Å². The highest BCUT2D eigenvalue weighted by Gasteiger charge is 2.16. The predicted molar refractivity (Wildman–Crippen MR) is 94.8 cm³/mol. The Labute approximate surface area is 151 Å². The molecule has 0 saturated heterocycles. The minimum Gasteiger partial charge on any atom is -0.395 e. The first-order valence-corrected chi connectivity index (χ1v) is 8.43. The summed E-state index contributed by atoms with van der Waals surface area (Å²) in [5.74, 6) is 0.729. The van der Waals surface area contributed by atoms with E-state index in [0.717, 1.165) is 5.56 Å². The molecule has 0 atom stereocenters. The maximum absolute atomic E-state index is 12.5. The number of hydrogen-bond donors (Lipinski definition) is 1. The fraction of sp³-hybridized carbons (Fsp3) is 0.263. The van der Waals surface area contributed by atoms with Gasteiger partial charge in [-0.1, -0.05) is 41.6 Å². The fourth-order valence-corrected chi connectivity index (χ4v) is 2.54. The molecule has 7 heteroatoms. The first-order valence-electron chi connectivity index (χ1n) is 8.43. The zero-order valence-corrected chi connectivity index (χ0v) is 14.3. The van der Waals surface area contributed by atoms with Crippen molar-refractivity contribution in [3.8, 4) is 11.5 Å². The molecule has 0 fully saturated rings. The highest BCUT2D eigenvalue weighted by Crippen LogP contribution is 2.13. The Hall–Kier alpha value is -3.06. The second-order valence-corrected chi connectivity index (χ2v) is 5.75. The van der Waals surface area contributed by atoms with Crippen LogP contribution in [0.5, 0.6) is 0 Å². The predicted octanol–water partition coefficient (Wildman–Crippen LogP) is 2.09. The van der Waals surface area contributed by atoms with Crippen molar-refractivity contribution in [3.63, 3.8) is 0 Å². The summed E-state index contributed by atoms with van der Waals surface area (Å²) in [6.07, 6.45) is 2.23. The van der Waals surface area contributed by atoms with E-state index in [9.17, 15) is 9.90 Å². The van der Waals surface area contributed by atoms with Crippen molar-refractivity contribution in [2.75, 3.05) is 13.2 Å². The van der Waals surface area contributed by atoms with Gasteiger partial charge in [0, 0.05) is 32.1 Å². The highest BCUT2D eigenvalue weighted by atomic mass is 16.5. The SMILES string of the molecule is O=C(CCc1nc(-c2ccccn2)no1)N(CCO)Cc1ccccc1. The van der Waals surface area contributed by atoms with Gasteiger partial charge in [0.2, 0.25) is 17.6 Å². The molecule has 0 aliphatic heterocycles. The van der Waals surface area contributed by atoms with E-state index in [1.165, 1.54) is 0 Å². The lowest BCUT2D eigenvalue weighted by molar-refractivity contribution is -0.132. The first-order chi connectivity index (χ1) is 12.8. The molecule has 1 N–H and O–H groups in total. The van der Waals surface area contributed by atoms with Gasteiger partial charge >= 0.3 is 0 Å². The molecule has 0 bridgehead atoms. The first kappa shape index (κ1) is 17.8. The van der Waals surface area contributed by atoms with Crippen LogP contribution in [0.3, 0.4) is 0 Å². The van der Waals surface area contributed by atoms with E-state index in [0.29, 0.717) is 30.4 Å². The van der Waals surface area contributed by atoms with Gasteiger partial charge in [-0.3, -0.25) is 9.78 Å². The monoisotopic (exact) mass is 352 g/mol. The topological polar surface area (TPSA) is 92.3 Å². The third kappa shape index (κ3) is 4.73. The third-order valence-electron chi connectivity index (χ3n) is 3.85. The minimum atomic E-state index is -0.0804. The van der Waals surface area contributed by atoms with Gasteiger partial charge in [-0.25, -0.2) is 0 Å². The van der Waals surface area contributed by atoms with Gasteiger partial charge in [-0.15, -0.1) is 0 Å². The number of aromatic nitrogens is 3. The molecule has 3 aromatic rings. The molecule has 1 aromatic carbocycles. The summed E-state index contributed by atoms with van der Waals surface area (Å²) in [4.78, 5) is 22.6. The molecule has 0 radical (unpaired) electrons. The smallest absolute Gasteiger partial charge is 0.227 e. The van der Waals surface area contributed by atoms with E-state index in [-0.39, 0.29) is 25.5 Å². The van der Waals surface area contributed by atoms with Gasteiger partial charge in [-0.2, -0.15) is 4.98 Å². The van der Waals surface area contributed by atoms with Gasteiger partial charge in [0.1, 0.15) is 5.69 Å². The summed E-state index contributed by atoms with van der Waals surface area (Å²) in [7, 11) is 0. The van der Waals surface area contributed by atoms with E-state index in [1.807, 2.05) is 42.5 Å². The average Bonchev–Trinajstić information content (AvgIpc) is 3.16. The summed E-state index contributed by atoms with van der Waals surface area (Å²) in [6, 6.07) is 15.1. The molecule has 2 heterocycles. The minimum absolute atomic E-state index is 0.0690. The molecule has 7 nitrogen and oxygen atoms in total. The largest absolute Gasteiger partial charge is 0.395 e. The van der Waals surface area contributed by atoms with E-state index in [4.69, 9.17) is 4.52 Å². The van der Waals surface area contributed by atoms with Crippen LogP contribution in [0.1, 0.15) is 17.9 Å². The van der Waals surface area contributed by atoms with Crippen LogP contribution in [-0.4, -0.2) is 44.2 Å². The quantitative estimate of drug-likeness (QED) is 0.667. The van der Waals surface area contributed by atoms with Crippen molar-refractivity contribution < 1.29 is 14.4 Å².